The third-order valence-corrected chi connectivity index (χ3v) is 3.83. The average Bonchev–Trinajstić information content (AvgIpc) is 2.66. The van der Waals surface area contributed by atoms with Crippen molar-refractivity contribution < 1.29 is 19.5 Å². The molecule has 0 atom stereocenters. The molecule has 2 aromatic carbocycles. The zero-order valence-electron chi connectivity index (χ0n) is 14.9. The summed E-state index contributed by atoms with van der Waals surface area (Å²) in [6, 6.07) is 14.8. The zero-order chi connectivity index (χ0) is 18.8. The number of hydrogen-bond donors (Lipinski definition) is 3. The van der Waals surface area contributed by atoms with Crippen LogP contribution in [0, 0.1) is 0 Å². The molecule has 0 fully saturated rings. The van der Waals surface area contributed by atoms with Gasteiger partial charge in [0.25, 0.3) is 0 Å². The molecular formula is C19H25N3O4. The first kappa shape index (κ1) is 19.6. The number of primary amides is 1. The Morgan fingerprint density at radius 3 is 2.77 bits per heavy atom. The van der Waals surface area contributed by atoms with E-state index in [1.54, 1.807) is 7.11 Å². The van der Waals surface area contributed by atoms with Crippen LogP contribution in [0.3, 0.4) is 0 Å². The number of rotatable bonds is 10. The predicted octanol–water partition coefficient (Wildman–Crippen LogP) is 2.18. The number of benzene rings is 2. The van der Waals surface area contributed by atoms with Crippen LogP contribution in [-0.4, -0.2) is 43.0 Å². The lowest BCUT2D eigenvalue weighted by Gasteiger charge is -2.13. The first-order valence-electron chi connectivity index (χ1n) is 8.40. The number of amides is 2. The molecule has 0 aliphatic heterocycles. The molecule has 140 valence electrons. The van der Waals surface area contributed by atoms with Gasteiger partial charge in [-0.2, -0.15) is 0 Å². The van der Waals surface area contributed by atoms with Crippen molar-refractivity contribution in [1.29, 1.82) is 0 Å². The summed E-state index contributed by atoms with van der Waals surface area (Å²) in [5.41, 5.74) is 7.06. The van der Waals surface area contributed by atoms with E-state index >= 15 is 0 Å². The summed E-state index contributed by atoms with van der Waals surface area (Å²) in [5.74, 6) is 1.60. The number of urea groups is 1. The van der Waals surface area contributed by atoms with Crippen molar-refractivity contribution in [3.05, 3.63) is 59.7 Å². The monoisotopic (exact) mass is 359 g/mol. The molecule has 0 radical (unpaired) electrons. The van der Waals surface area contributed by atoms with E-state index in [0.717, 1.165) is 29.0 Å². The highest BCUT2D eigenvalue weighted by Crippen LogP contribution is 2.21. The number of carbonyl (C=O) groups excluding carboxylic acids is 1. The Bertz CT molecular complexity index is 709. The maximum absolute atomic E-state index is 10.7. The second-order valence-electron chi connectivity index (χ2n) is 5.71. The van der Waals surface area contributed by atoms with Gasteiger partial charge in [-0.25, -0.2) is 9.86 Å². The van der Waals surface area contributed by atoms with E-state index in [2.05, 4.69) is 5.32 Å². The van der Waals surface area contributed by atoms with Crippen LogP contribution in [0.4, 0.5) is 4.79 Å². The lowest BCUT2D eigenvalue weighted by molar-refractivity contribution is -0.0378. The quantitative estimate of drug-likeness (QED) is 0.343. The average molecular weight is 359 g/mol. The fraction of sp³-hybridized carbons (Fsp3) is 0.316. The number of methoxy groups -OCH3 is 1. The number of hydrogen-bond acceptors (Lipinski definition) is 5. The van der Waals surface area contributed by atoms with Crippen molar-refractivity contribution >= 4 is 6.03 Å². The lowest BCUT2D eigenvalue weighted by atomic mass is 10.1. The molecule has 26 heavy (non-hydrogen) atoms. The van der Waals surface area contributed by atoms with Gasteiger partial charge in [0.05, 0.1) is 13.7 Å². The molecule has 0 unspecified atom stereocenters. The molecule has 2 rings (SSSR count). The van der Waals surface area contributed by atoms with Gasteiger partial charge in [-0.3, -0.25) is 5.21 Å². The van der Waals surface area contributed by atoms with E-state index in [4.69, 9.17) is 20.4 Å². The second kappa shape index (κ2) is 10.3. The standard InChI is InChI=1S/C19H25N3O4/c1-25-18-8-3-2-6-16(18)14-26-17-7-4-5-15(13-17)9-10-21-11-12-22(24)19(20)23/h2-8,13,21,24H,9-12,14H2,1H3,(H2,20,23). The maximum Gasteiger partial charge on any atom is 0.338 e. The summed E-state index contributed by atoms with van der Waals surface area (Å²) in [5, 5.41) is 12.8. The Balaban J connectivity index is 1.78. The highest BCUT2D eigenvalue weighted by molar-refractivity contribution is 5.70. The Kier molecular flexibility index (Phi) is 7.73. The van der Waals surface area contributed by atoms with E-state index in [1.807, 2.05) is 48.5 Å². The van der Waals surface area contributed by atoms with Crippen molar-refractivity contribution in [2.45, 2.75) is 13.0 Å². The Labute approximate surface area is 153 Å². The highest BCUT2D eigenvalue weighted by Gasteiger charge is 2.05. The highest BCUT2D eigenvalue weighted by atomic mass is 16.5. The fourth-order valence-corrected chi connectivity index (χ4v) is 2.43. The first-order valence-corrected chi connectivity index (χ1v) is 8.40. The van der Waals surface area contributed by atoms with Gasteiger partial charge in [0.15, 0.2) is 0 Å². The van der Waals surface area contributed by atoms with E-state index in [1.165, 1.54) is 0 Å². The van der Waals surface area contributed by atoms with Crippen molar-refractivity contribution in [2.24, 2.45) is 5.73 Å². The molecule has 0 bridgehead atoms. The van der Waals surface area contributed by atoms with Crippen molar-refractivity contribution in [3.8, 4) is 11.5 Å². The van der Waals surface area contributed by atoms with Crippen LogP contribution in [0.5, 0.6) is 11.5 Å². The molecule has 0 spiro atoms. The normalized spacial score (nSPS) is 10.4. The zero-order valence-corrected chi connectivity index (χ0v) is 14.9. The van der Waals surface area contributed by atoms with Crippen LogP contribution >= 0.6 is 0 Å². The Morgan fingerprint density at radius 2 is 2.00 bits per heavy atom. The fourth-order valence-electron chi connectivity index (χ4n) is 2.43. The molecule has 4 N–H and O–H groups in total. The predicted molar refractivity (Wildman–Crippen MR) is 98.4 cm³/mol. The summed E-state index contributed by atoms with van der Waals surface area (Å²) in [4.78, 5) is 10.7. The molecule has 0 aliphatic rings. The number of nitrogens with two attached hydrogens (primary N) is 1. The van der Waals surface area contributed by atoms with E-state index in [-0.39, 0.29) is 6.54 Å². The molecule has 0 saturated carbocycles. The van der Waals surface area contributed by atoms with Crippen LogP contribution in [-0.2, 0) is 13.0 Å². The van der Waals surface area contributed by atoms with Gasteiger partial charge < -0.3 is 20.5 Å². The SMILES string of the molecule is COc1ccccc1COc1cccc(CCNCCN(O)C(N)=O)c1. The summed E-state index contributed by atoms with van der Waals surface area (Å²) >= 11 is 0. The number of nitrogens with zero attached hydrogens (tertiary/aromatic N) is 1. The number of ether oxygens (including phenoxy) is 2. The van der Waals surface area contributed by atoms with Crippen molar-refractivity contribution in [2.75, 3.05) is 26.7 Å². The van der Waals surface area contributed by atoms with E-state index in [0.29, 0.717) is 24.8 Å². The van der Waals surface area contributed by atoms with Gasteiger partial charge in [-0.15, -0.1) is 0 Å². The molecular weight excluding hydrogens is 334 g/mol. The molecule has 7 heteroatoms. The number of nitrogens with one attached hydrogen (secondary N) is 1. The van der Waals surface area contributed by atoms with Crippen molar-refractivity contribution in [1.82, 2.24) is 10.4 Å². The maximum atomic E-state index is 10.7. The molecule has 7 nitrogen and oxygen atoms in total. The summed E-state index contributed by atoms with van der Waals surface area (Å²) in [6.45, 7) is 1.76. The largest absolute Gasteiger partial charge is 0.496 e. The van der Waals surface area contributed by atoms with Gasteiger partial charge in [0.1, 0.15) is 18.1 Å². The topological polar surface area (TPSA) is 97.1 Å². The van der Waals surface area contributed by atoms with Gasteiger partial charge in [0, 0.05) is 12.1 Å². The number of hydroxylamine groups is 2. The molecule has 0 aromatic heterocycles. The smallest absolute Gasteiger partial charge is 0.338 e. The lowest BCUT2D eigenvalue weighted by Crippen LogP contribution is -2.38. The van der Waals surface area contributed by atoms with Crippen LogP contribution in [0.25, 0.3) is 0 Å². The Morgan fingerprint density at radius 1 is 1.19 bits per heavy atom. The third kappa shape index (κ3) is 6.27. The molecule has 0 saturated heterocycles. The van der Waals surface area contributed by atoms with Gasteiger partial charge in [-0.05, 0) is 36.7 Å². The van der Waals surface area contributed by atoms with Crippen molar-refractivity contribution in [3.63, 3.8) is 0 Å². The van der Waals surface area contributed by atoms with Crippen LogP contribution in [0.2, 0.25) is 0 Å². The van der Waals surface area contributed by atoms with Crippen LogP contribution < -0.4 is 20.5 Å². The van der Waals surface area contributed by atoms with Gasteiger partial charge >= 0.3 is 6.03 Å². The minimum absolute atomic E-state index is 0.150. The molecule has 2 aromatic rings. The van der Waals surface area contributed by atoms with Crippen LogP contribution in [0.15, 0.2) is 48.5 Å². The molecule has 2 amide bonds. The minimum Gasteiger partial charge on any atom is -0.496 e. The minimum atomic E-state index is -0.855. The van der Waals surface area contributed by atoms with E-state index in [9.17, 15) is 4.79 Å². The summed E-state index contributed by atoms with van der Waals surface area (Å²) in [7, 11) is 1.64. The first-order chi connectivity index (χ1) is 12.6. The number of para-hydroxylation sites is 1. The molecule has 0 aliphatic carbocycles. The third-order valence-electron chi connectivity index (χ3n) is 3.83. The summed E-state index contributed by atoms with van der Waals surface area (Å²) in [6.07, 6.45) is 0.799. The van der Waals surface area contributed by atoms with Gasteiger partial charge in [-0.1, -0.05) is 30.3 Å². The van der Waals surface area contributed by atoms with Crippen LogP contribution in [0.1, 0.15) is 11.1 Å². The van der Waals surface area contributed by atoms with E-state index < -0.39 is 6.03 Å². The summed E-state index contributed by atoms with van der Waals surface area (Å²) < 4.78 is 11.2. The van der Waals surface area contributed by atoms with Gasteiger partial charge in [0.2, 0.25) is 0 Å². The second-order valence-corrected chi connectivity index (χ2v) is 5.71. The molecule has 0 heterocycles. The number of carbonyl (C=O) groups is 1. The Hall–Kier alpha value is -2.77.